The van der Waals surface area contributed by atoms with Gasteiger partial charge in [-0.1, -0.05) is 23.7 Å². The molecule has 0 radical (unpaired) electrons. The Morgan fingerprint density at radius 3 is 2.96 bits per heavy atom. The molecule has 4 rings (SSSR count). The number of hydrogen-bond donors (Lipinski definition) is 0. The molecule has 6 nitrogen and oxygen atoms in total. The summed E-state index contributed by atoms with van der Waals surface area (Å²) in [6, 6.07) is 9.11. The van der Waals surface area contributed by atoms with Crippen LogP contribution in [0.25, 0.3) is 0 Å². The summed E-state index contributed by atoms with van der Waals surface area (Å²) in [5.74, 6) is -0.0977. The lowest BCUT2D eigenvalue weighted by Crippen LogP contribution is -2.42. The second-order valence-corrected chi connectivity index (χ2v) is 7.00. The number of cyclic esters (lactones) is 1. The summed E-state index contributed by atoms with van der Waals surface area (Å²) < 4.78 is 5.26. The number of rotatable bonds is 1. The molecule has 1 aromatic carbocycles. The van der Waals surface area contributed by atoms with Gasteiger partial charge in [0.1, 0.15) is 11.8 Å². The third-order valence-electron chi connectivity index (χ3n) is 4.82. The van der Waals surface area contributed by atoms with Gasteiger partial charge in [0.05, 0.1) is 11.7 Å². The summed E-state index contributed by atoms with van der Waals surface area (Å²) in [4.78, 5) is 32.7. The first-order chi connectivity index (χ1) is 12.5. The fraction of sp³-hybridized carbons (Fsp3) is 0.316. The maximum atomic E-state index is 13.0. The van der Waals surface area contributed by atoms with Crippen LogP contribution in [0.1, 0.15) is 27.9 Å². The van der Waals surface area contributed by atoms with E-state index in [-0.39, 0.29) is 18.0 Å². The first kappa shape index (κ1) is 16.8. The Kier molecular flexibility index (Phi) is 4.28. The number of anilines is 1. The molecule has 134 valence electrons. The summed E-state index contributed by atoms with van der Waals surface area (Å²) in [6.07, 6.45) is 1.87. The van der Waals surface area contributed by atoms with Gasteiger partial charge in [-0.05, 0) is 42.7 Å². The molecule has 0 N–H and O–H groups in total. The lowest BCUT2D eigenvalue weighted by molar-refractivity contribution is 0.0734. The monoisotopic (exact) mass is 371 g/mol. The number of ether oxygens (including phenoxy) is 1. The van der Waals surface area contributed by atoms with Crippen LogP contribution >= 0.6 is 11.6 Å². The molecule has 0 unspecified atom stereocenters. The van der Waals surface area contributed by atoms with Crippen molar-refractivity contribution in [2.45, 2.75) is 25.9 Å². The Morgan fingerprint density at radius 2 is 2.15 bits per heavy atom. The zero-order valence-corrected chi connectivity index (χ0v) is 15.1. The Bertz CT molecular complexity index is 886. The number of carbonyl (C=O) groups excluding carboxylic acids is 2. The van der Waals surface area contributed by atoms with Crippen LogP contribution < -0.4 is 4.90 Å². The minimum atomic E-state index is -0.317. The van der Waals surface area contributed by atoms with E-state index in [9.17, 15) is 9.59 Å². The number of halogens is 1. The van der Waals surface area contributed by atoms with E-state index >= 15 is 0 Å². The van der Waals surface area contributed by atoms with Gasteiger partial charge in [0, 0.05) is 24.8 Å². The zero-order chi connectivity index (χ0) is 18.3. The van der Waals surface area contributed by atoms with Crippen molar-refractivity contribution in [3.05, 3.63) is 58.4 Å². The third-order valence-corrected chi connectivity index (χ3v) is 5.02. The highest BCUT2D eigenvalue weighted by molar-refractivity contribution is 6.29. The molecule has 26 heavy (non-hydrogen) atoms. The van der Waals surface area contributed by atoms with Crippen molar-refractivity contribution >= 4 is 29.3 Å². The predicted molar refractivity (Wildman–Crippen MR) is 97.4 cm³/mol. The van der Waals surface area contributed by atoms with Crippen molar-refractivity contribution in [2.75, 3.05) is 18.1 Å². The largest absolute Gasteiger partial charge is 0.447 e. The smallest absolute Gasteiger partial charge is 0.414 e. The highest BCUT2D eigenvalue weighted by Crippen LogP contribution is 2.32. The normalized spacial score (nSPS) is 19.3. The molecule has 3 heterocycles. The minimum Gasteiger partial charge on any atom is -0.447 e. The van der Waals surface area contributed by atoms with Gasteiger partial charge in [-0.2, -0.15) is 0 Å². The third kappa shape index (κ3) is 3.01. The number of carbonyl (C=O) groups is 2. The maximum absolute atomic E-state index is 13.0. The average molecular weight is 372 g/mol. The highest BCUT2D eigenvalue weighted by Gasteiger charge is 2.37. The van der Waals surface area contributed by atoms with Gasteiger partial charge in [0.15, 0.2) is 0 Å². The predicted octanol–water partition coefficient (Wildman–Crippen LogP) is 3.41. The first-order valence-corrected chi connectivity index (χ1v) is 8.87. The van der Waals surface area contributed by atoms with Crippen LogP contribution in [-0.4, -0.2) is 41.1 Å². The van der Waals surface area contributed by atoms with Crippen LogP contribution in [0.15, 0.2) is 36.5 Å². The molecule has 1 aromatic heterocycles. The molecule has 2 amide bonds. The van der Waals surface area contributed by atoms with E-state index in [1.54, 1.807) is 21.9 Å². The maximum Gasteiger partial charge on any atom is 0.414 e. The Labute approximate surface area is 156 Å². The Morgan fingerprint density at radius 1 is 1.31 bits per heavy atom. The second-order valence-electron chi connectivity index (χ2n) is 6.62. The van der Waals surface area contributed by atoms with E-state index in [2.05, 4.69) is 4.98 Å². The van der Waals surface area contributed by atoms with E-state index in [0.717, 1.165) is 16.8 Å². The second kappa shape index (κ2) is 6.61. The molecule has 1 saturated heterocycles. The molecule has 0 aliphatic carbocycles. The molecule has 1 atom stereocenters. The number of fused-ring (bicyclic) bond motifs is 3. The Hall–Kier alpha value is -2.60. The van der Waals surface area contributed by atoms with Gasteiger partial charge >= 0.3 is 6.09 Å². The summed E-state index contributed by atoms with van der Waals surface area (Å²) in [6.45, 7) is 3.28. The van der Waals surface area contributed by atoms with Crippen LogP contribution in [0.3, 0.4) is 0 Å². The summed E-state index contributed by atoms with van der Waals surface area (Å²) in [5.41, 5.74) is 3.31. The van der Waals surface area contributed by atoms with Gasteiger partial charge in [0.25, 0.3) is 5.91 Å². The van der Waals surface area contributed by atoms with Crippen LogP contribution in [0.4, 0.5) is 10.5 Å². The number of aromatic nitrogens is 1. The van der Waals surface area contributed by atoms with E-state index in [4.69, 9.17) is 16.3 Å². The van der Waals surface area contributed by atoms with E-state index in [1.165, 1.54) is 6.20 Å². The lowest BCUT2D eigenvalue weighted by atomic mass is 10.0. The molecule has 0 spiro atoms. The SMILES string of the molecule is Cc1ccc2c(c1)N1C(=O)OC[C@@H]1CCN(C(=O)c1ccnc(Cl)c1)C2. The highest BCUT2D eigenvalue weighted by atomic mass is 35.5. The lowest BCUT2D eigenvalue weighted by Gasteiger charge is -2.32. The van der Waals surface area contributed by atoms with E-state index in [0.29, 0.717) is 36.8 Å². The number of pyridine rings is 1. The fourth-order valence-corrected chi connectivity index (χ4v) is 3.65. The van der Waals surface area contributed by atoms with Crippen molar-refractivity contribution in [1.29, 1.82) is 0 Å². The molecule has 2 aliphatic heterocycles. The van der Waals surface area contributed by atoms with Gasteiger partial charge < -0.3 is 9.64 Å². The Balaban J connectivity index is 1.71. The number of aryl methyl sites for hydroxylation is 1. The first-order valence-electron chi connectivity index (χ1n) is 8.49. The molecular formula is C19H18ClN3O3. The number of benzene rings is 1. The van der Waals surface area contributed by atoms with Crippen LogP contribution in [0, 0.1) is 6.92 Å². The van der Waals surface area contributed by atoms with Gasteiger partial charge in [-0.25, -0.2) is 9.78 Å². The van der Waals surface area contributed by atoms with Crippen LogP contribution in [-0.2, 0) is 11.3 Å². The molecule has 0 bridgehead atoms. The van der Waals surface area contributed by atoms with Gasteiger partial charge in [-0.3, -0.25) is 9.69 Å². The minimum absolute atomic E-state index is 0.0697. The van der Waals surface area contributed by atoms with Gasteiger partial charge in [-0.15, -0.1) is 0 Å². The summed E-state index contributed by atoms with van der Waals surface area (Å²) >= 11 is 5.93. The molecule has 2 aliphatic rings. The fourth-order valence-electron chi connectivity index (χ4n) is 3.48. The van der Waals surface area contributed by atoms with E-state index < -0.39 is 0 Å². The van der Waals surface area contributed by atoms with Crippen molar-refractivity contribution in [3.63, 3.8) is 0 Å². The molecule has 7 heteroatoms. The van der Waals surface area contributed by atoms with Crippen molar-refractivity contribution in [2.24, 2.45) is 0 Å². The van der Waals surface area contributed by atoms with Crippen molar-refractivity contribution in [3.8, 4) is 0 Å². The quantitative estimate of drug-likeness (QED) is 0.720. The van der Waals surface area contributed by atoms with Crippen molar-refractivity contribution < 1.29 is 14.3 Å². The van der Waals surface area contributed by atoms with Gasteiger partial charge in [0.2, 0.25) is 0 Å². The van der Waals surface area contributed by atoms with Crippen LogP contribution in [0.5, 0.6) is 0 Å². The molecule has 2 aromatic rings. The average Bonchev–Trinajstić information content (AvgIpc) is 2.97. The number of hydrogen-bond acceptors (Lipinski definition) is 4. The summed E-state index contributed by atoms with van der Waals surface area (Å²) in [5, 5.41) is 0.292. The zero-order valence-electron chi connectivity index (χ0n) is 14.3. The molecule has 0 saturated carbocycles. The number of amides is 2. The van der Waals surface area contributed by atoms with Crippen LogP contribution in [0.2, 0.25) is 5.15 Å². The number of nitrogens with zero attached hydrogens (tertiary/aromatic N) is 3. The topological polar surface area (TPSA) is 62.7 Å². The van der Waals surface area contributed by atoms with E-state index in [1.807, 2.05) is 25.1 Å². The van der Waals surface area contributed by atoms with Crippen molar-refractivity contribution in [1.82, 2.24) is 9.88 Å². The molecule has 1 fully saturated rings. The standard InChI is InChI=1S/C19H18ClN3O3/c1-12-2-3-14-10-22(18(24)13-4-6-21-17(20)9-13)7-5-15-11-26-19(25)23(15)16(14)8-12/h2-4,6,8-9,15H,5,7,10-11H2,1H3/t15-/m0/s1. The molecular weight excluding hydrogens is 354 g/mol. The summed E-state index contributed by atoms with van der Waals surface area (Å²) in [7, 11) is 0.